The third-order valence-electron chi connectivity index (χ3n) is 2.46. The van der Waals surface area contributed by atoms with Crippen molar-refractivity contribution >= 4 is 28.6 Å². The number of halogens is 4. The van der Waals surface area contributed by atoms with Crippen molar-refractivity contribution in [3.8, 4) is 0 Å². The molecule has 0 aliphatic carbocycles. The minimum Gasteiger partial charge on any atom is -0.466 e. The number of unbranched alkanes of at least 4 members (excludes halogenated alkanes) is 3. The van der Waals surface area contributed by atoms with Crippen LogP contribution in [0.5, 0.6) is 0 Å². The smallest absolute Gasteiger partial charge is 0.389 e. The highest BCUT2D eigenvalue weighted by molar-refractivity contribution is 14.1. The van der Waals surface area contributed by atoms with E-state index in [-0.39, 0.29) is 12.4 Å². The minimum atomic E-state index is -4.02. The Hall–Kier alpha value is -0.0100. The van der Waals surface area contributed by atoms with Gasteiger partial charge in [-0.05, 0) is 19.3 Å². The summed E-state index contributed by atoms with van der Waals surface area (Å²) in [6, 6.07) is 0. The van der Waals surface area contributed by atoms with Crippen LogP contribution in [0.25, 0.3) is 0 Å². The van der Waals surface area contributed by atoms with Crippen LogP contribution in [-0.2, 0) is 9.53 Å². The quantitative estimate of drug-likeness (QED) is 0.252. The van der Waals surface area contributed by atoms with Crippen molar-refractivity contribution in [3.63, 3.8) is 0 Å². The Labute approximate surface area is 120 Å². The lowest BCUT2D eigenvalue weighted by Crippen LogP contribution is -2.07. The van der Waals surface area contributed by atoms with Crippen molar-refractivity contribution in [2.45, 2.75) is 62.0 Å². The van der Waals surface area contributed by atoms with Crippen LogP contribution in [0.1, 0.15) is 51.9 Å². The van der Waals surface area contributed by atoms with Crippen LogP contribution in [0.15, 0.2) is 0 Å². The van der Waals surface area contributed by atoms with Gasteiger partial charge in [0.1, 0.15) is 0 Å². The molecule has 0 aliphatic heterocycles. The fraction of sp³-hybridized carbons (Fsp3) is 0.917. The Morgan fingerprint density at radius 1 is 1.17 bits per heavy atom. The van der Waals surface area contributed by atoms with E-state index in [9.17, 15) is 18.0 Å². The second kappa shape index (κ2) is 9.86. The average molecular weight is 380 g/mol. The number of alkyl halides is 4. The van der Waals surface area contributed by atoms with Gasteiger partial charge in [0.05, 0.1) is 6.61 Å². The number of rotatable bonds is 9. The van der Waals surface area contributed by atoms with Gasteiger partial charge < -0.3 is 4.74 Å². The van der Waals surface area contributed by atoms with Crippen molar-refractivity contribution in [2.75, 3.05) is 6.61 Å². The molecule has 0 amide bonds. The van der Waals surface area contributed by atoms with Gasteiger partial charge in [0.15, 0.2) is 0 Å². The van der Waals surface area contributed by atoms with E-state index in [1.165, 1.54) is 6.92 Å². The lowest BCUT2D eigenvalue weighted by molar-refractivity contribution is -0.141. The van der Waals surface area contributed by atoms with E-state index in [1.807, 2.05) is 0 Å². The van der Waals surface area contributed by atoms with Crippen molar-refractivity contribution in [1.82, 2.24) is 0 Å². The molecule has 2 nitrogen and oxygen atoms in total. The normalized spacial score (nSPS) is 13.4. The zero-order chi connectivity index (χ0) is 14.0. The first-order chi connectivity index (χ1) is 8.31. The molecular weight excluding hydrogens is 360 g/mol. The first kappa shape index (κ1) is 18.0. The summed E-state index contributed by atoms with van der Waals surface area (Å²) in [4.78, 5) is 10.5. The van der Waals surface area contributed by atoms with E-state index < -0.39 is 12.6 Å². The summed E-state index contributed by atoms with van der Waals surface area (Å²) in [6.45, 7) is 1.81. The van der Waals surface area contributed by atoms with Crippen LogP contribution in [0.2, 0.25) is 0 Å². The molecule has 0 N–H and O–H groups in total. The van der Waals surface area contributed by atoms with Gasteiger partial charge in [-0.2, -0.15) is 13.2 Å². The number of hydrogen-bond donors (Lipinski definition) is 0. The monoisotopic (exact) mass is 380 g/mol. The highest BCUT2D eigenvalue weighted by Gasteiger charge is 2.25. The van der Waals surface area contributed by atoms with Crippen molar-refractivity contribution in [2.24, 2.45) is 0 Å². The van der Waals surface area contributed by atoms with E-state index in [0.29, 0.717) is 17.0 Å². The SMILES string of the molecule is CC(=O)OCCC(I)CCCCCCC(F)(F)F. The first-order valence-electron chi connectivity index (χ1n) is 6.15. The van der Waals surface area contributed by atoms with Gasteiger partial charge in [0.2, 0.25) is 0 Å². The summed E-state index contributed by atoms with van der Waals surface area (Å²) in [5.74, 6) is -0.272. The topological polar surface area (TPSA) is 26.3 Å². The lowest BCUT2D eigenvalue weighted by atomic mass is 10.1. The highest BCUT2D eigenvalue weighted by Crippen LogP contribution is 2.23. The van der Waals surface area contributed by atoms with Crippen LogP contribution < -0.4 is 0 Å². The third-order valence-corrected chi connectivity index (χ3v) is 3.71. The Bertz CT molecular complexity index is 232. The molecule has 0 bridgehead atoms. The Morgan fingerprint density at radius 3 is 2.33 bits per heavy atom. The fourth-order valence-electron chi connectivity index (χ4n) is 1.52. The second-order valence-electron chi connectivity index (χ2n) is 4.29. The molecule has 18 heavy (non-hydrogen) atoms. The van der Waals surface area contributed by atoms with Crippen molar-refractivity contribution in [1.29, 1.82) is 0 Å². The number of carbonyl (C=O) groups is 1. The number of ether oxygens (including phenoxy) is 1. The van der Waals surface area contributed by atoms with Crippen LogP contribution in [-0.4, -0.2) is 22.7 Å². The van der Waals surface area contributed by atoms with Crippen LogP contribution in [0, 0.1) is 0 Å². The highest BCUT2D eigenvalue weighted by atomic mass is 127. The zero-order valence-electron chi connectivity index (χ0n) is 10.6. The molecular formula is C12H20F3IO2. The van der Waals surface area contributed by atoms with Gasteiger partial charge >= 0.3 is 12.1 Å². The first-order valence-corrected chi connectivity index (χ1v) is 7.40. The molecule has 0 saturated heterocycles. The molecule has 1 atom stereocenters. The van der Waals surface area contributed by atoms with Gasteiger partial charge in [0, 0.05) is 17.3 Å². The standard InChI is InChI=1S/C12H20F3IO2/c1-10(17)18-9-7-11(16)6-4-2-3-5-8-12(13,14)15/h11H,2-9H2,1H3. The summed E-state index contributed by atoms with van der Waals surface area (Å²) in [6.07, 6.45) is -0.288. The molecule has 0 fully saturated rings. The molecule has 0 rings (SSSR count). The maximum atomic E-state index is 11.9. The largest absolute Gasteiger partial charge is 0.466 e. The average Bonchev–Trinajstić information content (AvgIpc) is 2.21. The summed E-state index contributed by atoms with van der Waals surface area (Å²) >= 11 is 2.29. The van der Waals surface area contributed by atoms with Crippen LogP contribution >= 0.6 is 22.6 Å². The maximum Gasteiger partial charge on any atom is 0.389 e. The number of hydrogen-bond acceptors (Lipinski definition) is 2. The third kappa shape index (κ3) is 14.1. The van der Waals surface area contributed by atoms with Gasteiger partial charge in [-0.1, -0.05) is 41.9 Å². The molecule has 0 saturated carbocycles. The van der Waals surface area contributed by atoms with Gasteiger partial charge in [-0.25, -0.2) is 0 Å². The van der Waals surface area contributed by atoms with Crippen LogP contribution in [0.4, 0.5) is 13.2 Å². The molecule has 0 spiro atoms. The Morgan fingerprint density at radius 2 is 1.78 bits per heavy atom. The summed E-state index contributed by atoms with van der Waals surface area (Å²) in [7, 11) is 0. The van der Waals surface area contributed by atoms with Gasteiger partial charge in [0.25, 0.3) is 0 Å². The van der Waals surface area contributed by atoms with E-state index in [0.717, 1.165) is 25.7 Å². The Balaban J connectivity index is 3.30. The van der Waals surface area contributed by atoms with Crippen molar-refractivity contribution in [3.05, 3.63) is 0 Å². The number of carbonyl (C=O) groups excluding carboxylic acids is 1. The van der Waals surface area contributed by atoms with E-state index in [4.69, 9.17) is 4.74 Å². The van der Waals surface area contributed by atoms with Crippen LogP contribution in [0.3, 0.4) is 0 Å². The summed E-state index contributed by atoms with van der Waals surface area (Å²) in [5.41, 5.74) is 0. The van der Waals surface area contributed by atoms with Gasteiger partial charge in [-0.3, -0.25) is 4.79 Å². The fourth-order valence-corrected chi connectivity index (χ4v) is 2.21. The van der Waals surface area contributed by atoms with Crippen molar-refractivity contribution < 1.29 is 22.7 Å². The number of esters is 1. The molecule has 0 aromatic rings. The minimum absolute atomic E-state index is 0.225. The molecule has 0 radical (unpaired) electrons. The molecule has 6 heteroatoms. The van der Waals surface area contributed by atoms with E-state index in [1.54, 1.807) is 0 Å². The predicted molar refractivity (Wildman–Crippen MR) is 72.8 cm³/mol. The van der Waals surface area contributed by atoms with Gasteiger partial charge in [-0.15, -0.1) is 0 Å². The molecule has 0 aromatic heterocycles. The lowest BCUT2D eigenvalue weighted by Gasteiger charge is -2.10. The molecule has 108 valence electrons. The maximum absolute atomic E-state index is 11.9. The predicted octanol–water partition coefficient (Wildman–Crippen LogP) is 4.65. The molecule has 0 heterocycles. The molecule has 0 aliphatic rings. The summed E-state index contributed by atoms with van der Waals surface area (Å²) < 4.78 is 40.8. The Kier molecular flexibility index (Phi) is 9.85. The zero-order valence-corrected chi connectivity index (χ0v) is 12.7. The summed E-state index contributed by atoms with van der Waals surface area (Å²) in [5, 5.41) is 0. The second-order valence-corrected chi connectivity index (χ2v) is 6.06. The van der Waals surface area contributed by atoms with E-state index >= 15 is 0 Å². The molecule has 0 aromatic carbocycles. The molecule has 1 unspecified atom stereocenters. The van der Waals surface area contributed by atoms with E-state index in [2.05, 4.69) is 22.6 Å².